The molecule has 72 valence electrons. The van der Waals surface area contributed by atoms with Crippen molar-refractivity contribution >= 4 is 18.1 Å². The van der Waals surface area contributed by atoms with Crippen molar-refractivity contribution in [3.05, 3.63) is 54.1 Å². The number of allylic oxidation sites excluding steroid dienone is 1. The van der Waals surface area contributed by atoms with E-state index in [0.29, 0.717) is 0 Å². The van der Waals surface area contributed by atoms with Gasteiger partial charge in [-0.05, 0) is 6.07 Å². The van der Waals surface area contributed by atoms with Crippen LogP contribution in [0.2, 0.25) is 0 Å². The molecule has 3 heteroatoms. The van der Waals surface area contributed by atoms with Crippen LogP contribution in [-0.4, -0.2) is 12.4 Å². The number of benzene rings is 1. The minimum absolute atomic E-state index is 0.985. The highest BCUT2D eigenvalue weighted by Crippen LogP contribution is 2.26. The molecule has 0 aliphatic carbocycles. The van der Waals surface area contributed by atoms with Crippen molar-refractivity contribution in [2.24, 2.45) is 9.98 Å². The van der Waals surface area contributed by atoms with E-state index in [2.05, 4.69) is 27.0 Å². The van der Waals surface area contributed by atoms with Crippen molar-refractivity contribution in [1.29, 1.82) is 0 Å². The summed E-state index contributed by atoms with van der Waals surface area (Å²) in [5, 5.41) is 0. The van der Waals surface area contributed by atoms with Gasteiger partial charge in [0.25, 0.3) is 0 Å². The van der Waals surface area contributed by atoms with Gasteiger partial charge in [-0.25, -0.2) is 0 Å². The Labute approximate surface area is 87.8 Å². The molecule has 0 fully saturated rings. The van der Waals surface area contributed by atoms with Crippen LogP contribution < -0.4 is 4.90 Å². The molecule has 0 radical (unpaired) electrons. The van der Waals surface area contributed by atoms with E-state index in [1.807, 2.05) is 30.7 Å². The predicted molar refractivity (Wildman–Crippen MR) is 62.2 cm³/mol. The van der Waals surface area contributed by atoms with Crippen LogP contribution >= 0.6 is 0 Å². The quantitative estimate of drug-likeness (QED) is 0.624. The number of rotatable bonds is 0. The summed E-state index contributed by atoms with van der Waals surface area (Å²) in [5.74, 6) is 0. The van der Waals surface area contributed by atoms with Gasteiger partial charge in [-0.15, -0.1) is 0 Å². The second-order valence-electron chi connectivity index (χ2n) is 3.34. The first-order valence-electron chi connectivity index (χ1n) is 4.76. The van der Waals surface area contributed by atoms with Crippen LogP contribution in [-0.2, 0) is 0 Å². The molecule has 1 aromatic rings. The van der Waals surface area contributed by atoms with Crippen LogP contribution in [0, 0.1) is 0 Å². The van der Waals surface area contributed by atoms with Crippen LogP contribution in [0.1, 0.15) is 5.56 Å². The van der Waals surface area contributed by atoms with Gasteiger partial charge in [-0.2, -0.15) is 0 Å². The Balaban J connectivity index is 2.20. The van der Waals surface area contributed by atoms with Crippen LogP contribution in [0.4, 0.5) is 5.69 Å². The minimum atomic E-state index is 0.985. The van der Waals surface area contributed by atoms with Crippen molar-refractivity contribution in [2.45, 2.75) is 0 Å². The van der Waals surface area contributed by atoms with Crippen molar-refractivity contribution in [2.75, 3.05) is 4.90 Å². The van der Waals surface area contributed by atoms with Gasteiger partial charge in [-0.3, -0.25) is 9.98 Å². The fraction of sp³-hybridized carbons (Fsp3) is 0. The lowest BCUT2D eigenvalue weighted by molar-refractivity contribution is 1.19. The molecule has 0 N–H and O–H groups in total. The van der Waals surface area contributed by atoms with E-state index in [0.717, 1.165) is 16.9 Å². The number of aliphatic imine (C=N–C) groups is 2. The summed E-state index contributed by atoms with van der Waals surface area (Å²) >= 11 is 0. The lowest BCUT2D eigenvalue weighted by atomic mass is 10.1. The summed E-state index contributed by atoms with van der Waals surface area (Å²) in [6, 6.07) is 8.16. The molecule has 2 heterocycles. The Morgan fingerprint density at radius 2 is 1.93 bits per heavy atom. The summed E-state index contributed by atoms with van der Waals surface area (Å²) in [7, 11) is 0. The van der Waals surface area contributed by atoms with Gasteiger partial charge in [0.2, 0.25) is 0 Å². The molecular weight excluding hydrogens is 186 g/mol. The molecule has 0 unspecified atom stereocenters. The third-order valence-corrected chi connectivity index (χ3v) is 2.40. The zero-order valence-electron chi connectivity index (χ0n) is 8.04. The van der Waals surface area contributed by atoms with E-state index in [4.69, 9.17) is 0 Å². The Hall–Kier alpha value is -2.16. The second-order valence-corrected chi connectivity index (χ2v) is 3.34. The van der Waals surface area contributed by atoms with Crippen LogP contribution in [0.3, 0.4) is 0 Å². The van der Waals surface area contributed by atoms with E-state index in [1.165, 1.54) is 0 Å². The first kappa shape index (κ1) is 8.17. The number of hydrogen-bond donors (Lipinski definition) is 0. The molecule has 0 spiro atoms. The maximum Gasteiger partial charge on any atom is 0.0824 e. The molecule has 2 aliphatic rings. The van der Waals surface area contributed by atoms with Crippen LogP contribution in [0.25, 0.3) is 0 Å². The summed E-state index contributed by atoms with van der Waals surface area (Å²) < 4.78 is 0. The predicted octanol–water partition coefficient (Wildman–Crippen LogP) is 2.32. The standard InChI is InChI=1S/C12H9N3/c1-2-4-12-10(3-1)7-14-9-11-8-13-5-6-15(11)12/h1-9H. The van der Waals surface area contributed by atoms with Crippen LogP contribution in [0.15, 0.2) is 58.5 Å². The molecule has 0 bridgehead atoms. The normalized spacial score (nSPS) is 16.8. The van der Waals surface area contributed by atoms with Crippen molar-refractivity contribution in [3.63, 3.8) is 0 Å². The van der Waals surface area contributed by atoms with Gasteiger partial charge < -0.3 is 4.90 Å². The minimum Gasteiger partial charge on any atom is -0.312 e. The molecular formula is C12H9N3. The van der Waals surface area contributed by atoms with Gasteiger partial charge >= 0.3 is 0 Å². The van der Waals surface area contributed by atoms with Gasteiger partial charge in [0.05, 0.1) is 23.8 Å². The number of nitrogens with zero attached hydrogens (tertiary/aromatic N) is 3. The lowest BCUT2D eigenvalue weighted by Crippen LogP contribution is -2.18. The topological polar surface area (TPSA) is 28.0 Å². The first-order chi connectivity index (χ1) is 7.45. The van der Waals surface area contributed by atoms with Crippen LogP contribution in [0.5, 0.6) is 0 Å². The highest BCUT2D eigenvalue weighted by molar-refractivity contribution is 5.96. The number of hydrogen-bond acceptors (Lipinski definition) is 3. The molecule has 3 rings (SSSR count). The highest BCUT2D eigenvalue weighted by Gasteiger charge is 2.14. The molecule has 0 amide bonds. The van der Waals surface area contributed by atoms with E-state index >= 15 is 0 Å². The zero-order chi connectivity index (χ0) is 10.1. The number of anilines is 1. The van der Waals surface area contributed by atoms with Gasteiger partial charge in [-0.1, -0.05) is 18.2 Å². The second kappa shape index (κ2) is 3.20. The fourth-order valence-electron chi connectivity index (χ4n) is 1.70. The SMILES string of the molecule is C1=CN2C(=CN=Cc3ccccc32)C=N1. The van der Waals surface area contributed by atoms with Gasteiger partial charge in [0, 0.05) is 24.2 Å². The molecule has 0 saturated heterocycles. The Kier molecular flexibility index (Phi) is 1.75. The monoisotopic (exact) mass is 195 g/mol. The van der Waals surface area contributed by atoms with Crippen molar-refractivity contribution < 1.29 is 0 Å². The third-order valence-electron chi connectivity index (χ3n) is 2.40. The Morgan fingerprint density at radius 3 is 2.93 bits per heavy atom. The maximum absolute atomic E-state index is 4.24. The summed E-state index contributed by atoms with van der Waals surface area (Å²) in [4.78, 5) is 10.4. The van der Waals surface area contributed by atoms with E-state index in [9.17, 15) is 0 Å². The summed E-state index contributed by atoms with van der Waals surface area (Å²) in [6.07, 6.45) is 9.20. The summed E-state index contributed by atoms with van der Waals surface area (Å²) in [6.45, 7) is 0. The largest absolute Gasteiger partial charge is 0.312 e. The van der Waals surface area contributed by atoms with Crippen molar-refractivity contribution in [1.82, 2.24) is 0 Å². The molecule has 0 aromatic heterocycles. The molecule has 15 heavy (non-hydrogen) atoms. The summed E-state index contributed by atoms with van der Waals surface area (Å²) in [5.41, 5.74) is 3.23. The smallest absolute Gasteiger partial charge is 0.0824 e. The zero-order valence-corrected chi connectivity index (χ0v) is 8.04. The van der Waals surface area contributed by atoms with E-state index in [1.54, 1.807) is 12.4 Å². The van der Waals surface area contributed by atoms with E-state index in [-0.39, 0.29) is 0 Å². The highest BCUT2D eigenvalue weighted by atomic mass is 15.2. The maximum atomic E-state index is 4.24. The molecule has 1 aromatic carbocycles. The molecule has 0 atom stereocenters. The molecule has 2 aliphatic heterocycles. The van der Waals surface area contributed by atoms with Gasteiger partial charge in [0.1, 0.15) is 0 Å². The average molecular weight is 195 g/mol. The third kappa shape index (κ3) is 1.29. The fourth-order valence-corrected chi connectivity index (χ4v) is 1.70. The van der Waals surface area contributed by atoms with E-state index < -0.39 is 0 Å². The van der Waals surface area contributed by atoms with Gasteiger partial charge in [0.15, 0.2) is 0 Å². The lowest BCUT2D eigenvalue weighted by Gasteiger charge is -2.22. The molecule has 3 nitrogen and oxygen atoms in total. The average Bonchev–Trinajstić information content (AvgIpc) is 2.48. The Morgan fingerprint density at radius 1 is 1.00 bits per heavy atom. The Bertz CT molecular complexity index is 509. The molecule has 0 saturated carbocycles. The number of fused-ring (bicyclic) bond motifs is 3. The van der Waals surface area contributed by atoms with Crippen molar-refractivity contribution in [3.8, 4) is 0 Å². The number of para-hydroxylation sites is 1. The first-order valence-corrected chi connectivity index (χ1v) is 4.76.